The summed E-state index contributed by atoms with van der Waals surface area (Å²) in [5, 5.41) is 0. The number of benzene rings is 2. The number of carbonyl (C=O) groups excluding carboxylic acids is 1. The fourth-order valence-electron chi connectivity index (χ4n) is 2.71. The maximum atomic E-state index is 13.6. The molecule has 1 aliphatic heterocycles. The molecule has 1 amide bonds. The molecule has 0 aromatic heterocycles. The van der Waals surface area contributed by atoms with Crippen molar-refractivity contribution in [1.29, 1.82) is 0 Å². The highest BCUT2D eigenvalue weighted by Gasteiger charge is 2.21. The van der Waals surface area contributed by atoms with Gasteiger partial charge in [-0.15, -0.1) is 0 Å². The summed E-state index contributed by atoms with van der Waals surface area (Å²) < 4.78 is 13.6. The highest BCUT2D eigenvalue weighted by atomic mass is 19.1. The van der Waals surface area contributed by atoms with Crippen molar-refractivity contribution in [3.63, 3.8) is 0 Å². The molecule has 4 heteroatoms. The predicted molar refractivity (Wildman–Crippen MR) is 80.1 cm³/mol. The van der Waals surface area contributed by atoms with Crippen LogP contribution in [0.25, 0.3) is 0 Å². The Morgan fingerprint density at radius 3 is 2.81 bits per heavy atom. The van der Waals surface area contributed by atoms with E-state index in [2.05, 4.69) is 0 Å². The monoisotopic (exact) mass is 284 g/mol. The van der Waals surface area contributed by atoms with Gasteiger partial charge in [-0.2, -0.15) is 0 Å². The molecule has 2 aromatic carbocycles. The highest BCUT2D eigenvalue weighted by Crippen LogP contribution is 2.22. The van der Waals surface area contributed by atoms with Gasteiger partial charge in [0.15, 0.2) is 0 Å². The number of nitrogens with two attached hydrogens (primary N) is 1. The molecule has 21 heavy (non-hydrogen) atoms. The molecule has 0 bridgehead atoms. The lowest BCUT2D eigenvalue weighted by molar-refractivity contribution is -0.131. The number of nitrogen functional groups attached to an aromatic ring is 1. The Morgan fingerprint density at radius 2 is 2.00 bits per heavy atom. The van der Waals surface area contributed by atoms with Gasteiger partial charge in [-0.1, -0.05) is 24.3 Å². The molecule has 1 aliphatic rings. The van der Waals surface area contributed by atoms with Gasteiger partial charge in [0.1, 0.15) is 5.82 Å². The van der Waals surface area contributed by atoms with Crippen LogP contribution in [0, 0.1) is 5.82 Å². The van der Waals surface area contributed by atoms with Crippen molar-refractivity contribution in [1.82, 2.24) is 4.90 Å². The van der Waals surface area contributed by atoms with Gasteiger partial charge < -0.3 is 10.6 Å². The average Bonchev–Trinajstić information content (AvgIpc) is 2.48. The van der Waals surface area contributed by atoms with Gasteiger partial charge in [-0.25, -0.2) is 4.39 Å². The van der Waals surface area contributed by atoms with Gasteiger partial charge in [0, 0.05) is 18.8 Å². The fourth-order valence-corrected chi connectivity index (χ4v) is 2.71. The number of halogens is 1. The highest BCUT2D eigenvalue weighted by molar-refractivity contribution is 5.79. The summed E-state index contributed by atoms with van der Waals surface area (Å²) in [6.07, 6.45) is 0.920. The Kier molecular flexibility index (Phi) is 3.60. The summed E-state index contributed by atoms with van der Waals surface area (Å²) in [5.74, 6) is -0.374. The third-order valence-electron chi connectivity index (χ3n) is 3.89. The first-order valence-electron chi connectivity index (χ1n) is 7.02. The van der Waals surface area contributed by atoms with E-state index < -0.39 is 0 Å². The summed E-state index contributed by atoms with van der Waals surface area (Å²) in [7, 11) is 0. The molecule has 0 spiro atoms. The van der Waals surface area contributed by atoms with Crippen molar-refractivity contribution in [2.24, 2.45) is 0 Å². The molecule has 3 nitrogen and oxygen atoms in total. The van der Waals surface area contributed by atoms with E-state index in [-0.39, 0.29) is 18.1 Å². The minimum Gasteiger partial charge on any atom is -0.399 e. The molecule has 0 saturated heterocycles. The maximum Gasteiger partial charge on any atom is 0.227 e. The van der Waals surface area contributed by atoms with Crippen LogP contribution in [-0.4, -0.2) is 17.4 Å². The van der Waals surface area contributed by atoms with Crippen molar-refractivity contribution >= 4 is 11.6 Å². The first kappa shape index (κ1) is 13.6. The van der Waals surface area contributed by atoms with E-state index in [0.717, 1.165) is 12.0 Å². The van der Waals surface area contributed by atoms with Crippen LogP contribution in [0.15, 0.2) is 42.5 Å². The fraction of sp³-hybridized carbons (Fsp3) is 0.235. The van der Waals surface area contributed by atoms with Crippen LogP contribution in [0.5, 0.6) is 0 Å². The molecule has 1 heterocycles. The smallest absolute Gasteiger partial charge is 0.227 e. The van der Waals surface area contributed by atoms with Crippen LogP contribution >= 0.6 is 0 Å². The molecule has 0 unspecified atom stereocenters. The summed E-state index contributed by atoms with van der Waals surface area (Å²) in [6, 6.07) is 12.2. The third-order valence-corrected chi connectivity index (χ3v) is 3.89. The molecule has 0 atom stereocenters. The number of nitrogens with zero attached hydrogens (tertiary/aromatic N) is 1. The number of anilines is 1. The second-order valence-corrected chi connectivity index (χ2v) is 5.36. The summed E-state index contributed by atoms with van der Waals surface area (Å²) in [5.41, 5.74) is 9.27. The van der Waals surface area contributed by atoms with E-state index in [0.29, 0.717) is 24.3 Å². The molecule has 0 radical (unpaired) electrons. The van der Waals surface area contributed by atoms with Gasteiger partial charge in [-0.3, -0.25) is 4.79 Å². The van der Waals surface area contributed by atoms with Gasteiger partial charge in [-0.05, 0) is 41.3 Å². The molecular weight excluding hydrogens is 267 g/mol. The Bertz CT molecular complexity index is 684. The van der Waals surface area contributed by atoms with E-state index in [4.69, 9.17) is 5.73 Å². The number of hydrogen-bond donors (Lipinski definition) is 1. The standard InChI is InChI=1S/C17H17FN2O/c18-16-4-2-1-3-13(16)10-17(21)20-8-7-12-5-6-15(19)9-14(12)11-20/h1-6,9H,7-8,10-11,19H2. The zero-order valence-corrected chi connectivity index (χ0v) is 11.7. The zero-order chi connectivity index (χ0) is 14.8. The van der Waals surface area contributed by atoms with Crippen LogP contribution in [0.4, 0.5) is 10.1 Å². The first-order valence-corrected chi connectivity index (χ1v) is 7.02. The van der Waals surface area contributed by atoms with Crippen LogP contribution < -0.4 is 5.73 Å². The van der Waals surface area contributed by atoms with Crippen molar-refractivity contribution in [2.75, 3.05) is 12.3 Å². The number of fused-ring (bicyclic) bond motifs is 1. The molecule has 2 N–H and O–H groups in total. The molecule has 108 valence electrons. The van der Waals surface area contributed by atoms with Gasteiger partial charge in [0.05, 0.1) is 6.42 Å². The SMILES string of the molecule is Nc1ccc2c(c1)CN(C(=O)Cc1ccccc1F)CC2. The van der Waals surface area contributed by atoms with Gasteiger partial charge in [0.25, 0.3) is 0 Å². The van der Waals surface area contributed by atoms with Crippen molar-refractivity contribution in [3.8, 4) is 0 Å². The molecule has 0 saturated carbocycles. The largest absolute Gasteiger partial charge is 0.399 e. The van der Waals surface area contributed by atoms with Crippen molar-refractivity contribution in [3.05, 3.63) is 65.0 Å². The molecule has 3 rings (SSSR count). The predicted octanol–water partition coefficient (Wildman–Crippen LogP) is 2.54. The van der Waals surface area contributed by atoms with Gasteiger partial charge in [0.2, 0.25) is 5.91 Å². The lowest BCUT2D eigenvalue weighted by atomic mass is 9.98. The Hall–Kier alpha value is -2.36. The van der Waals surface area contributed by atoms with E-state index in [1.165, 1.54) is 11.6 Å². The Morgan fingerprint density at radius 1 is 1.19 bits per heavy atom. The Balaban J connectivity index is 1.74. The number of hydrogen-bond acceptors (Lipinski definition) is 2. The number of carbonyl (C=O) groups is 1. The van der Waals surface area contributed by atoms with Crippen LogP contribution in [0.2, 0.25) is 0 Å². The number of rotatable bonds is 2. The van der Waals surface area contributed by atoms with E-state index in [9.17, 15) is 9.18 Å². The second kappa shape index (κ2) is 5.56. The second-order valence-electron chi connectivity index (χ2n) is 5.36. The van der Waals surface area contributed by atoms with Crippen molar-refractivity contribution < 1.29 is 9.18 Å². The van der Waals surface area contributed by atoms with Gasteiger partial charge >= 0.3 is 0 Å². The normalized spacial score (nSPS) is 13.9. The minimum absolute atomic E-state index is 0.0480. The zero-order valence-electron chi connectivity index (χ0n) is 11.7. The molecule has 2 aromatic rings. The average molecular weight is 284 g/mol. The summed E-state index contributed by atoms with van der Waals surface area (Å²) >= 11 is 0. The first-order chi connectivity index (χ1) is 10.1. The topological polar surface area (TPSA) is 46.3 Å². The van der Waals surface area contributed by atoms with Crippen LogP contribution in [0.3, 0.4) is 0 Å². The van der Waals surface area contributed by atoms with E-state index in [1.54, 1.807) is 23.1 Å². The quantitative estimate of drug-likeness (QED) is 0.861. The lowest BCUT2D eigenvalue weighted by Gasteiger charge is -2.29. The minimum atomic E-state index is -0.326. The van der Waals surface area contributed by atoms with Crippen molar-refractivity contribution in [2.45, 2.75) is 19.4 Å². The summed E-state index contributed by atoms with van der Waals surface area (Å²) in [4.78, 5) is 14.1. The van der Waals surface area contributed by atoms with E-state index in [1.807, 2.05) is 18.2 Å². The number of amides is 1. The molecule has 0 aliphatic carbocycles. The third kappa shape index (κ3) is 2.89. The summed E-state index contributed by atoms with van der Waals surface area (Å²) in [6.45, 7) is 1.22. The molecule has 0 fully saturated rings. The maximum absolute atomic E-state index is 13.6. The Labute approximate surface area is 123 Å². The van der Waals surface area contributed by atoms with E-state index >= 15 is 0 Å². The lowest BCUT2D eigenvalue weighted by Crippen LogP contribution is -2.37. The van der Waals surface area contributed by atoms with Crippen LogP contribution in [0.1, 0.15) is 16.7 Å². The molecular formula is C17H17FN2O. The van der Waals surface area contributed by atoms with Crippen LogP contribution in [-0.2, 0) is 24.2 Å².